The summed E-state index contributed by atoms with van der Waals surface area (Å²) in [5, 5.41) is 8.16. The summed E-state index contributed by atoms with van der Waals surface area (Å²) in [6, 6.07) is 5.67. The smallest absolute Gasteiger partial charge is 0.257 e. The van der Waals surface area contributed by atoms with Crippen LogP contribution < -0.4 is 4.74 Å². The second-order valence-electron chi connectivity index (χ2n) is 6.28. The average Bonchev–Trinajstić information content (AvgIpc) is 3.09. The summed E-state index contributed by atoms with van der Waals surface area (Å²) in [5.74, 6) is 0.610. The van der Waals surface area contributed by atoms with Crippen LogP contribution in [0, 0.1) is 6.92 Å². The van der Waals surface area contributed by atoms with E-state index in [1.807, 2.05) is 34.7 Å². The van der Waals surface area contributed by atoms with Crippen LogP contribution in [0.15, 0.2) is 24.4 Å². The van der Waals surface area contributed by atoms with Crippen molar-refractivity contribution in [3.8, 4) is 5.75 Å². The van der Waals surface area contributed by atoms with Crippen LogP contribution in [0.3, 0.4) is 0 Å². The number of ether oxygens (including phenoxy) is 2. The summed E-state index contributed by atoms with van der Waals surface area (Å²) >= 11 is 0. The SMILES string of the molecule is COc1cccc(C)c1C(=O)N1CC[C@H]2OCc3cnnn3[C@H]2C1. The Hall–Kier alpha value is -2.41. The van der Waals surface area contributed by atoms with Gasteiger partial charge in [0.1, 0.15) is 5.75 Å². The van der Waals surface area contributed by atoms with Crippen molar-refractivity contribution in [1.29, 1.82) is 0 Å². The van der Waals surface area contributed by atoms with Crippen LogP contribution >= 0.6 is 0 Å². The number of hydrogen-bond donors (Lipinski definition) is 0. The number of carbonyl (C=O) groups is 1. The number of aromatic nitrogens is 3. The topological polar surface area (TPSA) is 69.5 Å². The summed E-state index contributed by atoms with van der Waals surface area (Å²) in [7, 11) is 1.59. The second kappa shape index (κ2) is 5.90. The normalized spacial score (nSPS) is 22.7. The van der Waals surface area contributed by atoms with Gasteiger partial charge in [0.25, 0.3) is 5.91 Å². The summed E-state index contributed by atoms with van der Waals surface area (Å²) in [6.45, 7) is 3.70. The largest absolute Gasteiger partial charge is 0.496 e. The molecule has 2 aliphatic rings. The van der Waals surface area contributed by atoms with E-state index in [1.54, 1.807) is 13.3 Å². The molecule has 2 aromatic rings. The van der Waals surface area contributed by atoms with Gasteiger partial charge in [-0.1, -0.05) is 17.3 Å². The molecule has 0 bridgehead atoms. The molecule has 0 radical (unpaired) electrons. The molecule has 0 N–H and O–H groups in total. The van der Waals surface area contributed by atoms with E-state index in [0.29, 0.717) is 31.0 Å². The first kappa shape index (κ1) is 15.1. The fourth-order valence-corrected chi connectivity index (χ4v) is 3.61. The molecule has 7 heteroatoms. The molecule has 1 amide bonds. The lowest BCUT2D eigenvalue weighted by molar-refractivity contribution is -0.0605. The molecule has 1 aromatic heterocycles. The van der Waals surface area contributed by atoms with Gasteiger partial charge in [0.15, 0.2) is 0 Å². The van der Waals surface area contributed by atoms with Crippen molar-refractivity contribution in [2.24, 2.45) is 0 Å². The Morgan fingerprint density at radius 2 is 2.29 bits per heavy atom. The lowest BCUT2D eigenvalue weighted by atomic mass is 9.98. The van der Waals surface area contributed by atoms with Crippen molar-refractivity contribution in [2.45, 2.75) is 32.1 Å². The minimum Gasteiger partial charge on any atom is -0.496 e. The number of fused-ring (bicyclic) bond motifs is 3. The summed E-state index contributed by atoms with van der Waals surface area (Å²) in [6.07, 6.45) is 2.60. The first-order valence-electron chi connectivity index (χ1n) is 8.12. The summed E-state index contributed by atoms with van der Waals surface area (Å²) in [5.41, 5.74) is 2.51. The number of hydrogen-bond acceptors (Lipinski definition) is 5. The van der Waals surface area contributed by atoms with E-state index < -0.39 is 0 Å². The quantitative estimate of drug-likeness (QED) is 0.837. The second-order valence-corrected chi connectivity index (χ2v) is 6.28. The molecule has 0 unspecified atom stereocenters. The zero-order valence-corrected chi connectivity index (χ0v) is 13.8. The highest BCUT2D eigenvalue weighted by Gasteiger charge is 2.38. The van der Waals surface area contributed by atoms with Crippen molar-refractivity contribution in [1.82, 2.24) is 19.9 Å². The van der Waals surface area contributed by atoms with Crippen LogP contribution in [0.2, 0.25) is 0 Å². The number of amides is 1. The summed E-state index contributed by atoms with van der Waals surface area (Å²) in [4.78, 5) is 15.0. The van der Waals surface area contributed by atoms with E-state index in [1.165, 1.54) is 0 Å². The van der Waals surface area contributed by atoms with E-state index in [2.05, 4.69) is 10.3 Å². The Bertz CT molecular complexity index is 773. The molecule has 0 spiro atoms. The molecule has 4 rings (SSSR count). The van der Waals surface area contributed by atoms with Gasteiger partial charge >= 0.3 is 0 Å². The van der Waals surface area contributed by atoms with E-state index in [4.69, 9.17) is 9.47 Å². The maximum Gasteiger partial charge on any atom is 0.257 e. The molecule has 1 fully saturated rings. The molecule has 2 aliphatic heterocycles. The lowest BCUT2D eigenvalue weighted by Gasteiger charge is -2.41. The van der Waals surface area contributed by atoms with E-state index in [0.717, 1.165) is 17.7 Å². The molecule has 126 valence electrons. The van der Waals surface area contributed by atoms with Crippen LogP contribution in [-0.4, -0.2) is 52.1 Å². The minimum atomic E-state index is -0.00404. The zero-order valence-electron chi connectivity index (χ0n) is 13.8. The van der Waals surface area contributed by atoms with E-state index >= 15 is 0 Å². The fraction of sp³-hybridized carbons (Fsp3) is 0.471. The van der Waals surface area contributed by atoms with Gasteiger partial charge in [-0.25, -0.2) is 4.68 Å². The van der Waals surface area contributed by atoms with E-state index in [-0.39, 0.29) is 18.1 Å². The van der Waals surface area contributed by atoms with Gasteiger partial charge in [-0.2, -0.15) is 0 Å². The first-order valence-corrected chi connectivity index (χ1v) is 8.12. The van der Waals surface area contributed by atoms with Gasteiger partial charge in [-0.3, -0.25) is 4.79 Å². The highest BCUT2D eigenvalue weighted by molar-refractivity contribution is 5.98. The number of rotatable bonds is 2. The van der Waals surface area contributed by atoms with Gasteiger partial charge in [0.2, 0.25) is 0 Å². The molecule has 0 aliphatic carbocycles. The Labute approximate surface area is 140 Å². The van der Waals surface area contributed by atoms with Crippen molar-refractivity contribution < 1.29 is 14.3 Å². The van der Waals surface area contributed by atoms with E-state index in [9.17, 15) is 4.79 Å². The van der Waals surface area contributed by atoms with Crippen LogP contribution in [0.1, 0.15) is 34.1 Å². The van der Waals surface area contributed by atoms with Crippen molar-refractivity contribution in [2.75, 3.05) is 20.2 Å². The highest BCUT2D eigenvalue weighted by Crippen LogP contribution is 2.32. The van der Waals surface area contributed by atoms with Crippen LogP contribution in [0.5, 0.6) is 5.75 Å². The number of benzene rings is 1. The summed E-state index contributed by atoms with van der Waals surface area (Å²) < 4.78 is 13.2. The number of nitrogens with zero attached hydrogens (tertiary/aromatic N) is 4. The molecule has 2 atom stereocenters. The van der Waals surface area contributed by atoms with Gasteiger partial charge < -0.3 is 14.4 Å². The molecular formula is C17H20N4O3. The van der Waals surface area contributed by atoms with Crippen molar-refractivity contribution in [3.05, 3.63) is 41.2 Å². The number of methoxy groups -OCH3 is 1. The molecule has 3 heterocycles. The molecule has 7 nitrogen and oxygen atoms in total. The van der Waals surface area contributed by atoms with Crippen LogP contribution in [-0.2, 0) is 11.3 Å². The van der Waals surface area contributed by atoms with Crippen molar-refractivity contribution in [3.63, 3.8) is 0 Å². The molecule has 24 heavy (non-hydrogen) atoms. The van der Waals surface area contributed by atoms with Gasteiger partial charge in [-0.05, 0) is 25.0 Å². The minimum absolute atomic E-state index is 0.00404. The predicted octanol–water partition coefficient (Wildman–Crippen LogP) is 1.58. The van der Waals surface area contributed by atoms with Crippen LogP contribution in [0.25, 0.3) is 0 Å². The Morgan fingerprint density at radius 3 is 3.12 bits per heavy atom. The third kappa shape index (κ3) is 2.36. The van der Waals surface area contributed by atoms with Gasteiger partial charge in [0, 0.05) is 13.1 Å². The van der Waals surface area contributed by atoms with Gasteiger partial charge in [-0.15, -0.1) is 5.10 Å². The van der Waals surface area contributed by atoms with Crippen LogP contribution in [0.4, 0.5) is 0 Å². The molecule has 1 saturated heterocycles. The fourth-order valence-electron chi connectivity index (χ4n) is 3.61. The predicted molar refractivity (Wildman–Crippen MR) is 85.9 cm³/mol. The standard InChI is InChI=1S/C17H20N4O3/c1-11-4-3-5-15(23-2)16(11)17(22)20-7-6-14-13(9-20)21-12(10-24-14)8-18-19-21/h3-5,8,13-14H,6-7,9-10H2,1-2H3/t13-,14+/m0/s1. The highest BCUT2D eigenvalue weighted by atomic mass is 16.5. The number of aryl methyl sites for hydroxylation is 1. The molecule has 0 saturated carbocycles. The third-order valence-corrected chi connectivity index (χ3v) is 4.88. The third-order valence-electron chi connectivity index (χ3n) is 4.88. The molecule has 1 aromatic carbocycles. The first-order chi connectivity index (χ1) is 11.7. The number of carbonyl (C=O) groups excluding carboxylic acids is 1. The maximum atomic E-state index is 13.1. The van der Waals surface area contributed by atoms with Crippen molar-refractivity contribution >= 4 is 5.91 Å². The monoisotopic (exact) mass is 328 g/mol. The zero-order chi connectivity index (χ0) is 16.7. The number of likely N-dealkylation sites (tertiary alicyclic amines) is 1. The average molecular weight is 328 g/mol. The Balaban J connectivity index is 1.62. The molecular weight excluding hydrogens is 308 g/mol. The Kier molecular flexibility index (Phi) is 3.72. The maximum absolute atomic E-state index is 13.1. The van der Waals surface area contributed by atoms with Gasteiger partial charge in [0.05, 0.1) is 43.3 Å². The number of piperidine rings is 1. The Morgan fingerprint density at radius 1 is 1.42 bits per heavy atom. The lowest BCUT2D eigenvalue weighted by Crippen LogP contribution is -2.50.